The van der Waals surface area contributed by atoms with E-state index in [0.717, 1.165) is 37.6 Å². The average molecular weight is 538 g/mol. The van der Waals surface area contributed by atoms with Gasteiger partial charge in [-0.25, -0.2) is 18.1 Å². The molecule has 2 rings (SSSR count). The highest BCUT2D eigenvalue weighted by atomic mass is 127. The summed E-state index contributed by atoms with van der Waals surface area (Å²) in [5.74, 6) is 0.757. The topological polar surface area (TPSA) is 91.8 Å². The molecule has 0 saturated heterocycles. The van der Waals surface area contributed by atoms with Gasteiger partial charge in [0, 0.05) is 19.7 Å². The number of benzene rings is 1. The lowest BCUT2D eigenvalue weighted by Crippen LogP contribution is -2.38. The molecule has 0 unspecified atom stereocenters. The van der Waals surface area contributed by atoms with Crippen molar-refractivity contribution in [3.05, 3.63) is 29.8 Å². The van der Waals surface area contributed by atoms with Crippen molar-refractivity contribution in [1.29, 1.82) is 0 Å². The van der Waals surface area contributed by atoms with Crippen molar-refractivity contribution in [2.75, 3.05) is 26.7 Å². The fraction of sp³-hybridized carbons (Fsp3) is 0.650. The number of ether oxygens (including phenoxy) is 1. The predicted octanol–water partition coefficient (Wildman–Crippen LogP) is 3.01. The summed E-state index contributed by atoms with van der Waals surface area (Å²) in [5, 5.41) is 6.56. The molecule has 1 fully saturated rings. The van der Waals surface area contributed by atoms with E-state index in [0.29, 0.717) is 12.6 Å². The molecular weight excluding hydrogens is 503 g/mol. The molecule has 0 atom stereocenters. The summed E-state index contributed by atoms with van der Waals surface area (Å²) >= 11 is 0. The molecular formula is C20H35IN4O3S. The molecule has 29 heavy (non-hydrogen) atoms. The molecule has 9 heteroatoms. The Labute approximate surface area is 192 Å². The highest BCUT2D eigenvalue weighted by Gasteiger charge is 2.13. The molecule has 166 valence electrons. The second kappa shape index (κ2) is 14.2. The normalized spacial score (nSPS) is 15.6. The van der Waals surface area contributed by atoms with Gasteiger partial charge in [-0.1, -0.05) is 31.4 Å². The van der Waals surface area contributed by atoms with Crippen LogP contribution in [0.5, 0.6) is 0 Å². The molecule has 1 saturated carbocycles. The summed E-state index contributed by atoms with van der Waals surface area (Å²) in [4.78, 5) is 4.83. The SMILES string of the molecule is CCNC(=NCc1ccc(S(=O)(=O)NC)cc1)NCCCOC1CCCCC1.I. The monoisotopic (exact) mass is 538 g/mol. The molecule has 0 heterocycles. The van der Waals surface area contributed by atoms with Crippen LogP contribution in [0.15, 0.2) is 34.2 Å². The Hall–Kier alpha value is -0.910. The van der Waals surface area contributed by atoms with Crippen LogP contribution in [-0.4, -0.2) is 47.2 Å². The fourth-order valence-electron chi connectivity index (χ4n) is 3.16. The third kappa shape index (κ3) is 9.63. The smallest absolute Gasteiger partial charge is 0.240 e. The molecule has 0 amide bonds. The molecule has 0 spiro atoms. The number of guanidine groups is 1. The lowest BCUT2D eigenvalue weighted by atomic mass is 9.98. The Balaban J connectivity index is 0.00000420. The zero-order valence-electron chi connectivity index (χ0n) is 17.4. The second-order valence-electron chi connectivity index (χ2n) is 6.96. The molecule has 7 nitrogen and oxygen atoms in total. The molecule has 0 radical (unpaired) electrons. The minimum Gasteiger partial charge on any atom is -0.378 e. The maximum Gasteiger partial charge on any atom is 0.240 e. The van der Waals surface area contributed by atoms with Crippen molar-refractivity contribution in [3.63, 3.8) is 0 Å². The molecule has 0 aromatic heterocycles. The second-order valence-corrected chi connectivity index (χ2v) is 8.84. The summed E-state index contributed by atoms with van der Waals surface area (Å²) < 4.78 is 31.8. The van der Waals surface area contributed by atoms with Crippen LogP contribution in [0.1, 0.15) is 51.0 Å². The lowest BCUT2D eigenvalue weighted by Gasteiger charge is -2.22. The van der Waals surface area contributed by atoms with E-state index in [2.05, 4.69) is 20.3 Å². The first-order valence-electron chi connectivity index (χ1n) is 10.2. The van der Waals surface area contributed by atoms with Gasteiger partial charge in [0.15, 0.2) is 5.96 Å². The van der Waals surface area contributed by atoms with Crippen LogP contribution < -0.4 is 15.4 Å². The largest absolute Gasteiger partial charge is 0.378 e. The van der Waals surface area contributed by atoms with E-state index in [1.165, 1.54) is 39.2 Å². The fourth-order valence-corrected chi connectivity index (χ4v) is 3.89. The number of sulfonamides is 1. The number of halogens is 1. The van der Waals surface area contributed by atoms with E-state index < -0.39 is 10.0 Å². The molecule has 0 bridgehead atoms. The van der Waals surface area contributed by atoms with E-state index in [1.54, 1.807) is 24.3 Å². The number of hydrogen-bond acceptors (Lipinski definition) is 4. The summed E-state index contributed by atoms with van der Waals surface area (Å²) in [5.41, 5.74) is 0.952. The van der Waals surface area contributed by atoms with E-state index in [-0.39, 0.29) is 28.9 Å². The Morgan fingerprint density at radius 3 is 2.45 bits per heavy atom. The van der Waals surface area contributed by atoms with Crippen LogP contribution >= 0.6 is 24.0 Å². The van der Waals surface area contributed by atoms with E-state index >= 15 is 0 Å². The van der Waals surface area contributed by atoms with Crippen molar-refractivity contribution in [2.24, 2.45) is 4.99 Å². The summed E-state index contributed by atoms with van der Waals surface area (Å²) in [7, 11) is -2.00. The Morgan fingerprint density at radius 1 is 1.14 bits per heavy atom. The van der Waals surface area contributed by atoms with Gasteiger partial charge >= 0.3 is 0 Å². The average Bonchev–Trinajstić information content (AvgIpc) is 2.72. The zero-order valence-corrected chi connectivity index (χ0v) is 20.6. The van der Waals surface area contributed by atoms with Crippen molar-refractivity contribution in [3.8, 4) is 0 Å². The first-order valence-corrected chi connectivity index (χ1v) is 11.7. The van der Waals surface area contributed by atoms with Crippen LogP contribution in [0.3, 0.4) is 0 Å². The third-order valence-corrected chi connectivity index (χ3v) is 6.22. The van der Waals surface area contributed by atoms with Gasteiger partial charge in [0.25, 0.3) is 0 Å². The molecule has 3 N–H and O–H groups in total. The number of nitrogens with one attached hydrogen (secondary N) is 3. The van der Waals surface area contributed by atoms with Gasteiger partial charge in [0.2, 0.25) is 10.0 Å². The van der Waals surface area contributed by atoms with Crippen molar-refractivity contribution in [1.82, 2.24) is 15.4 Å². The third-order valence-electron chi connectivity index (χ3n) is 4.79. The molecule has 1 aliphatic carbocycles. The maximum atomic E-state index is 11.8. The standard InChI is InChI=1S/C20H34N4O3S.HI/c1-3-22-20(23-14-7-15-27-18-8-5-4-6-9-18)24-16-17-10-12-19(13-11-17)28(25,26)21-2;/h10-13,18,21H,3-9,14-16H2,1-2H3,(H2,22,23,24);1H. The summed E-state index contributed by atoms with van der Waals surface area (Å²) in [6.07, 6.45) is 7.72. The number of nitrogens with zero attached hydrogens (tertiary/aromatic N) is 1. The van der Waals surface area contributed by atoms with Crippen LogP contribution in [0.25, 0.3) is 0 Å². The van der Waals surface area contributed by atoms with Gasteiger partial charge in [0.05, 0.1) is 17.5 Å². The molecule has 1 aromatic rings. The first kappa shape index (κ1) is 26.1. The maximum absolute atomic E-state index is 11.8. The Kier molecular flexibility index (Phi) is 12.8. The van der Waals surface area contributed by atoms with Gasteiger partial charge in [0.1, 0.15) is 0 Å². The van der Waals surface area contributed by atoms with Crippen molar-refractivity contribution >= 4 is 40.0 Å². The predicted molar refractivity (Wildman–Crippen MR) is 128 cm³/mol. The van der Waals surface area contributed by atoms with E-state index in [9.17, 15) is 8.42 Å². The Morgan fingerprint density at radius 2 is 1.83 bits per heavy atom. The van der Waals surface area contributed by atoms with Gasteiger partial charge in [-0.15, -0.1) is 24.0 Å². The molecule has 1 aromatic carbocycles. The number of rotatable bonds is 10. The molecule has 0 aliphatic heterocycles. The Bertz CT molecular complexity index is 705. The highest BCUT2D eigenvalue weighted by Crippen LogP contribution is 2.20. The van der Waals surface area contributed by atoms with Crippen LogP contribution in [0.4, 0.5) is 0 Å². The van der Waals surface area contributed by atoms with Crippen LogP contribution in [-0.2, 0) is 21.3 Å². The number of aliphatic imine (C=N–C) groups is 1. The van der Waals surface area contributed by atoms with Gasteiger partial charge in [-0.05, 0) is 50.9 Å². The van der Waals surface area contributed by atoms with Crippen LogP contribution in [0.2, 0.25) is 0 Å². The van der Waals surface area contributed by atoms with Gasteiger partial charge in [-0.2, -0.15) is 0 Å². The van der Waals surface area contributed by atoms with Gasteiger partial charge < -0.3 is 15.4 Å². The van der Waals surface area contributed by atoms with Crippen molar-refractivity contribution in [2.45, 2.75) is 63.0 Å². The zero-order chi connectivity index (χ0) is 20.2. The summed E-state index contributed by atoms with van der Waals surface area (Å²) in [6, 6.07) is 6.77. The minimum absolute atomic E-state index is 0. The number of hydrogen-bond donors (Lipinski definition) is 3. The highest BCUT2D eigenvalue weighted by molar-refractivity contribution is 14.0. The lowest BCUT2D eigenvalue weighted by molar-refractivity contribution is 0.0277. The summed E-state index contributed by atoms with van der Waals surface area (Å²) in [6.45, 7) is 4.87. The molecule has 1 aliphatic rings. The van der Waals surface area contributed by atoms with E-state index in [4.69, 9.17) is 4.74 Å². The quantitative estimate of drug-likeness (QED) is 0.185. The van der Waals surface area contributed by atoms with Crippen LogP contribution in [0, 0.1) is 0 Å². The first-order chi connectivity index (χ1) is 13.5. The van der Waals surface area contributed by atoms with Crippen molar-refractivity contribution < 1.29 is 13.2 Å². The van der Waals surface area contributed by atoms with Gasteiger partial charge in [-0.3, -0.25) is 0 Å². The minimum atomic E-state index is -3.40. The van der Waals surface area contributed by atoms with E-state index in [1.807, 2.05) is 6.92 Å².